The van der Waals surface area contributed by atoms with E-state index in [1.807, 2.05) is 45.9 Å². The number of hydrogen-bond acceptors (Lipinski definition) is 3. The van der Waals surface area contributed by atoms with Crippen molar-refractivity contribution in [1.82, 2.24) is 10.2 Å². The van der Waals surface area contributed by atoms with Crippen LogP contribution in [0, 0.1) is 13.8 Å². The molecule has 31 heavy (non-hydrogen) atoms. The molecule has 0 aliphatic rings. The van der Waals surface area contributed by atoms with Crippen molar-refractivity contribution >= 4 is 35.0 Å². The number of rotatable bonds is 9. The third-order valence-corrected chi connectivity index (χ3v) is 6.08. The van der Waals surface area contributed by atoms with Gasteiger partial charge in [-0.1, -0.05) is 42.3 Å². The fourth-order valence-corrected chi connectivity index (χ4v) is 3.24. The number of halogens is 2. The monoisotopic (exact) mass is 464 g/mol. The molecule has 0 bridgehead atoms. The van der Waals surface area contributed by atoms with Gasteiger partial charge in [0.05, 0.1) is 10.0 Å². The van der Waals surface area contributed by atoms with Gasteiger partial charge in [-0.15, -0.1) is 0 Å². The quantitative estimate of drug-likeness (QED) is 0.545. The number of ether oxygens (including phenoxy) is 1. The summed E-state index contributed by atoms with van der Waals surface area (Å²) in [7, 11) is 0. The van der Waals surface area contributed by atoms with Gasteiger partial charge in [-0.2, -0.15) is 0 Å². The zero-order valence-electron chi connectivity index (χ0n) is 18.7. The molecule has 0 saturated carbocycles. The van der Waals surface area contributed by atoms with Crippen LogP contribution in [0.5, 0.6) is 5.75 Å². The maximum atomic E-state index is 13.1. The van der Waals surface area contributed by atoms with Gasteiger partial charge >= 0.3 is 0 Å². The summed E-state index contributed by atoms with van der Waals surface area (Å²) in [6.07, 6.45) is 0.801. The molecule has 0 fully saturated rings. The number of carbonyl (C=O) groups excluding carboxylic acids is 2. The molecule has 0 radical (unpaired) electrons. The summed E-state index contributed by atoms with van der Waals surface area (Å²) in [4.78, 5) is 27.3. The fraction of sp³-hybridized carbons (Fsp3) is 0.417. The van der Waals surface area contributed by atoms with Crippen LogP contribution in [-0.2, 0) is 16.1 Å². The minimum atomic E-state index is -0.681. The Balaban J connectivity index is 2.19. The van der Waals surface area contributed by atoms with Crippen molar-refractivity contribution in [1.29, 1.82) is 0 Å². The molecule has 7 heteroatoms. The molecule has 0 spiro atoms. The summed E-state index contributed by atoms with van der Waals surface area (Å²) in [5.41, 5.74) is 3.01. The fourth-order valence-electron chi connectivity index (χ4n) is 2.91. The van der Waals surface area contributed by atoms with Gasteiger partial charge in [0.1, 0.15) is 11.8 Å². The second kappa shape index (κ2) is 11.4. The Labute approximate surface area is 194 Å². The van der Waals surface area contributed by atoms with E-state index >= 15 is 0 Å². The summed E-state index contributed by atoms with van der Waals surface area (Å²) < 4.78 is 5.73. The van der Waals surface area contributed by atoms with Crippen molar-refractivity contribution in [2.45, 2.75) is 59.7 Å². The second-order valence-electron chi connectivity index (χ2n) is 7.80. The number of aryl methyl sites for hydroxylation is 2. The highest BCUT2D eigenvalue weighted by molar-refractivity contribution is 6.42. The Morgan fingerprint density at radius 3 is 2.35 bits per heavy atom. The summed E-state index contributed by atoms with van der Waals surface area (Å²) >= 11 is 12.1. The Morgan fingerprint density at radius 2 is 1.74 bits per heavy atom. The van der Waals surface area contributed by atoms with Crippen LogP contribution in [-0.4, -0.2) is 35.4 Å². The van der Waals surface area contributed by atoms with Crippen LogP contribution in [0.2, 0.25) is 10.0 Å². The highest BCUT2D eigenvalue weighted by Crippen LogP contribution is 2.24. The molecule has 1 N–H and O–H groups in total. The van der Waals surface area contributed by atoms with E-state index in [-0.39, 0.29) is 31.0 Å². The summed E-state index contributed by atoms with van der Waals surface area (Å²) in [5.74, 6) is 0.104. The van der Waals surface area contributed by atoms with Gasteiger partial charge in [0, 0.05) is 12.6 Å². The molecule has 0 aromatic heterocycles. The molecule has 0 unspecified atom stereocenters. The standard InChI is InChI=1S/C24H30Cl2N2O3/c1-6-17(4)27-24(30)18(5)28(13-19-8-10-21(25)22(26)12-19)23(29)14-31-20-9-7-15(2)16(3)11-20/h7-12,17-18H,6,13-14H2,1-5H3,(H,27,30)/t17-,18+/m1/s1. The van der Waals surface area contributed by atoms with Gasteiger partial charge in [0.2, 0.25) is 5.91 Å². The van der Waals surface area contributed by atoms with Crippen LogP contribution in [0.3, 0.4) is 0 Å². The van der Waals surface area contributed by atoms with Crippen molar-refractivity contribution in [2.75, 3.05) is 6.61 Å². The summed E-state index contributed by atoms with van der Waals surface area (Å²) in [5, 5.41) is 3.77. The van der Waals surface area contributed by atoms with Crippen molar-refractivity contribution in [3.8, 4) is 5.75 Å². The van der Waals surface area contributed by atoms with E-state index in [1.165, 1.54) is 4.90 Å². The highest BCUT2D eigenvalue weighted by Gasteiger charge is 2.27. The molecule has 2 amide bonds. The van der Waals surface area contributed by atoms with Crippen molar-refractivity contribution in [3.63, 3.8) is 0 Å². The largest absolute Gasteiger partial charge is 0.484 e. The first-order valence-electron chi connectivity index (χ1n) is 10.4. The molecule has 0 saturated heterocycles. The summed E-state index contributed by atoms with van der Waals surface area (Å²) in [6.45, 7) is 9.67. The van der Waals surface area contributed by atoms with E-state index in [4.69, 9.17) is 27.9 Å². The average Bonchev–Trinajstić information content (AvgIpc) is 2.74. The Bertz CT molecular complexity index is 933. The van der Waals surface area contributed by atoms with E-state index < -0.39 is 6.04 Å². The highest BCUT2D eigenvalue weighted by atomic mass is 35.5. The zero-order chi connectivity index (χ0) is 23.1. The van der Waals surface area contributed by atoms with Gasteiger partial charge in [-0.3, -0.25) is 9.59 Å². The molecule has 5 nitrogen and oxygen atoms in total. The number of nitrogens with one attached hydrogen (secondary N) is 1. The van der Waals surface area contributed by atoms with E-state index in [1.54, 1.807) is 25.1 Å². The van der Waals surface area contributed by atoms with E-state index in [0.29, 0.717) is 15.8 Å². The number of benzene rings is 2. The smallest absolute Gasteiger partial charge is 0.261 e. The average molecular weight is 465 g/mol. The van der Waals surface area contributed by atoms with Crippen LogP contribution in [0.4, 0.5) is 0 Å². The molecule has 2 aromatic rings. The van der Waals surface area contributed by atoms with Gasteiger partial charge in [0.25, 0.3) is 5.91 Å². The van der Waals surface area contributed by atoms with E-state index in [9.17, 15) is 9.59 Å². The molecule has 2 rings (SSSR count). The Kier molecular flexibility index (Phi) is 9.20. The Morgan fingerprint density at radius 1 is 1.03 bits per heavy atom. The summed E-state index contributed by atoms with van der Waals surface area (Å²) in [6, 6.07) is 10.2. The number of carbonyl (C=O) groups is 2. The number of nitrogens with zero attached hydrogens (tertiary/aromatic N) is 1. The van der Waals surface area contributed by atoms with Gasteiger partial charge in [0.15, 0.2) is 6.61 Å². The van der Waals surface area contributed by atoms with Gasteiger partial charge in [-0.25, -0.2) is 0 Å². The third-order valence-electron chi connectivity index (χ3n) is 5.35. The topological polar surface area (TPSA) is 58.6 Å². The Hall–Kier alpha value is -2.24. The predicted octanol–water partition coefficient (Wildman–Crippen LogP) is 5.32. The molecule has 0 aliphatic carbocycles. The molecular weight excluding hydrogens is 435 g/mol. The van der Waals surface area contributed by atoms with Crippen LogP contribution in [0.25, 0.3) is 0 Å². The van der Waals surface area contributed by atoms with E-state index in [0.717, 1.165) is 23.1 Å². The molecule has 2 atom stereocenters. The van der Waals surface area contributed by atoms with E-state index in [2.05, 4.69) is 5.32 Å². The maximum absolute atomic E-state index is 13.1. The van der Waals surface area contributed by atoms with Crippen molar-refractivity contribution in [2.24, 2.45) is 0 Å². The SMILES string of the molecule is CC[C@@H](C)NC(=O)[C@H](C)N(Cc1ccc(Cl)c(Cl)c1)C(=O)COc1ccc(C)c(C)c1. The normalized spacial score (nSPS) is 12.7. The molecular formula is C24H30Cl2N2O3. The first kappa shape index (κ1) is 25.0. The minimum absolute atomic E-state index is 0.0173. The minimum Gasteiger partial charge on any atom is -0.484 e. The molecule has 168 valence electrons. The first-order valence-corrected chi connectivity index (χ1v) is 11.1. The van der Waals surface area contributed by atoms with Crippen LogP contribution in [0.1, 0.15) is 43.9 Å². The maximum Gasteiger partial charge on any atom is 0.261 e. The van der Waals surface area contributed by atoms with Crippen molar-refractivity contribution < 1.29 is 14.3 Å². The number of amides is 2. The molecule has 0 heterocycles. The molecule has 2 aromatic carbocycles. The van der Waals surface area contributed by atoms with Crippen LogP contribution < -0.4 is 10.1 Å². The number of hydrogen-bond donors (Lipinski definition) is 1. The second-order valence-corrected chi connectivity index (χ2v) is 8.61. The lowest BCUT2D eigenvalue weighted by atomic mass is 10.1. The lowest BCUT2D eigenvalue weighted by molar-refractivity contribution is -0.142. The van der Waals surface area contributed by atoms with Crippen LogP contribution >= 0.6 is 23.2 Å². The lowest BCUT2D eigenvalue weighted by Gasteiger charge is -2.29. The zero-order valence-corrected chi connectivity index (χ0v) is 20.2. The lowest BCUT2D eigenvalue weighted by Crippen LogP contribution is -2.50. The van der Waals surface area contributed by atoms with Crippen molar-refractivity contribution in [3.05, 3.63) is 63.1 Å². The third kappa shape index (κ3) is 7.15. The first-order chi connectivity index (χ1) is 14.6. The van der Waals surface area contributed by atoms with Gasteiger partial charge in [-0.05, 0) is 75.1 Å². The predicted molar refractivity (Wildman–Crippen MR) is 126 cm³/mol. The van der Waals surface area contributed by atoms with Crippen LogP contribution in [0.15, 0.2) is 36.4 Å². The molecule has 0 aliphatic heterocycles. The van der Waals surface area contributed by atoms with Gasteiger partial charge < -0.3 is 15.0 Å².